The first-order chi connectivity index (χ1) is 16.6. The van der Waals surface area contributed by atoms with Gasteiger partial charge in [0.05, 0.1) is 0 Å². The van der Waals surface area contributed by atoms with E-state index in [2.05, 4.69) is 115 Å². The zero-order valence-electron chi connectivity index (χ0n) is 21.8. The summed E-state index contributed by atoms with van der Waals surface area (Å²) < 4.78 is 6.68. The van der Waals surface area contributed by atoms with Crippen molar-refractivity contribution in [1.29, 1.82) is 0 Å². The lowest BCUT2D eigenvalue weighted by Crippen LogP contribution is -2.13. The maximum absolute atomic E-state index is 6.68. The van der Waals surface area contributed by atoms with Crippen LogP contribution in [0.25, 0.3) is 44.7 Å². The van der Waals surface area contributed by atoms with Crippen molar-refractivity contribution in [3.8, 4) is 33.7 Å². The zero-order valence-corrected chi connectivity index (χ0v) is 21.8. The van der Waals surface area contributed by atoms with Gasteiger partial charge in [0.15, 0.2) is 5.58 Å². The Morgan fingerprint density at radius 2 is 1.31 bits per heavy atom. The lowest BCUT2D eigenvalue weighted by atomic mass is 9.81. The van der Waals surface area contributed by atoms with Gasteiger partial charge in [-0.05, 0) is 74.1 Å². The van der Waals surface area contributed by atoms with Gasteiger partial charge in [0.25, 0.3) is 0 Å². The van der Waals surface area contributed by atoms with E-state index in [1.165, 1.54) is 33.4 Å². The highest BCUT2D eigenvalue weighted by Gasteiger charge is 2.24. The molecule has 2 heterocycles. The Morgan fingerprint density at radius 1 is 0.657 bits per heavy atom. The van der Waals surface area contributed by atoms with Crippen molar-refractivity contribution >= 4 is 11.0 Å². The van der Waals surface area contributed by atoms with Crippen LogP contribution in [0.1, 0.15) is 48.6 Å². The highest BCUT2D eigenvalue weighted by atomic mass is 16.3. The molecule has 0 aliphatic carbocycles. The zero-order chi connectivity index (χ0) is 24.9. The molecule has 0 unspecified atom stereocenters. The molecule has 0 amide bonds. The fourth-order valence-electron chi connectivity index (χ4n) is 5.01. The molecule has 0 atom stereocenters. The molecular formula is C33H33NO. The molecular weight excluding hydrogens is 426 g/mol. The number of furan rings is 1. The summed E-state index contributed by atoms with van der Waals surface area (Å²) >= 11 is 0. The van der Waals surface area contributed by atoms with Gasteiger partial charge in [0.1, 0.15) is 11.5 Å². The number of nitrogens with zero attached hydrogens (tertiary/aromatic N) is 1. The SMILES string of the molecule is Cc1ccc(-c2ccc(-c3oc4c(-c5cc(C)cc(C)c5)nccc4c3C)c(C(C)(C)C)c2)cc1. The molecule has 2 aromatic heterocycles. The summed E-state index contributed by atoms with van der Waals surface area (Å²) in [5.41, 5.74) is 12.6. The third kappa shape index (κ3) is 4.30. The summed E-state index contributed by atoms with van der Waals surface area (Å²) in [6.45, 7) is 15.3. The van der Waals surface area contributed by atoms with Crippen LogP contribution in [0.2, 0.25) is 0 Å². The van der Waals surface area contributed by atoms with E-state index in [-0.39, 0.29) is 5.41 Å². The predicted molar refractivity (Wildman–Crippen MR) is 148 cm³/mol. The maximum Gasteiger partial charge on any atom is 0.161 e. The van der Waals surface area contributed by atoms with E-state index >= 15 is 0 Å². The number of pyridine rings is 1. The Kier molecular flexibility index (Phi) is 5.63. The van der Waals surface area contributed by atoms with Gasteiger partial charge in [-0.15, -0.1) is 0 Å². The first-order valence-electron chi connectivity index (χ1n) is 12.3. The number of aryl methyl sites for hydroxylation is 4. The fourth-order valence-corrected chi connectivity index (χ4v) is 5.01. The molecule has 0 spiro atoms. The number of hydrogen-bond acceptors (Lipinski definition) is 2. The van der Waals surface area contributed by atoms with Crippen molar-refractivity contribution in [2.24, 2.45) is 0 Å². The van der Waals surface area contributed by atoms with Crippen LogP contribution in [0.4, 0.5) is 0 Å². The largest absolute Gasteiger partial charge is 0.453 e. The molecule has 3 aromatic carbocycles. The van der Waals surface area contributed by atoms with Gasteiger partial charge < -0.3 is 4.42 Å². The summed E-state index contributed by atoms with van der Waals surface area (Å²) in [7, 11) is 0. The minimum absolute atomic E-state index is 0.0454. The second kappa shape index (κ2) is 8.53. The third-order valence-electron chi connectivity index (χ3n) is 6.81. The molecule has 5 rings (SSSR count). The van der Waals surface area contributed by atoms with Crippen molar-refractivity contribution in [1.82, 2.24) is 4.98 Å². The van der Waals surface area contributed by atoms with Gasteiger partial charge in [-0.25, -0.2) is 0 Å². The van der Waals surface area contributed by atoms with E-state index in [9.17, 15) is 0 Å². The van der Waals surface area contributed by atoms with E-state index in [0.717, 1.165) is 39.1 Å². The quantitative estimate of drug-likeness (QED) is 0.268. The summed E-state index contributed by atoms with van der Waals surface area (Å²) in [5, 5.41) is 1.12. The molecule has 0 N–H and O–H groups in total. The van der Waals surface area contributed by atoms with E-state index in [1.54, 1.807) is 0 Å². The molecule has 5 aromatic rings. The predicted octanol–water partition coefficient (Wildman–Crippen LogP) is 9.36. The average Bonchev–Trinajstić information content (AvgIpc) is 3.14. The smallest absolute Gasteiger partial charge is 0.161 e. The highest BCUT2D eigenvalue weighted by molar-refractivity contribution is 5.96. The fraction of sp³-hybridized carbons (Fsp3) is 0.242. The van der Waals surface area contributed by atoms with Gasteiger partial charge in [0, 0.05) is 28.3 Å². The van der Waals surface area contributed by atoms with E-state index in [4.69, 9.17) is 9.40 Å². The molecule has 0 radical (unpaired) electrons. The van der Waals surface area contributed by atoms with Crippen LogP contribution < -0.4 is 0 Å². The molecule has 35 heavy (non-hydrogen) atoms. The van der Waals surface area contributed by atoms with Crippen molar-refractivity contribution in [2.75, 3.05) is 0 Å². The standard InChI is InChI=1S/C33H33NO/c1-20-8-10-24(11-9-20)25-12-13-28(29(19-25)33(5,6)7)31-23(4)27-14-15-34-30(32(27)35-31)26-17-21(2)16-22(3)18-26/h8-19H,1-7H3. The first-order valence-corrected chi connectivity index (χ1v) is 12.3. The Balaban J connectivity index is 1.71. The molecule has 0 aliphatic heterocycles. The lowest BCUT2D eigenvalue weighted by Gasteiger charge is -2.23. The normalized spacial score (nSPS) is 11.9. The summed E-state index contributed by atoms with van der Waals surface area (Å²) in [4.78, 5) is 4.75. The van der Waals surface area contributed by atoms with Crippen LogP contribution in [0.3, 0.4) is 0 Å². The molecule has 0 bridgehead atoms. The van der Waals surface area contributed by atoms with Crippen LogP contribution in [0, 0.1) is 27.7 Å². The van der Waals surface area contributed by atoms with Crippen LogP contribution in [-0.2, 0) is 5.41 Å². The minimum Gasteiger partial charge on any atom is -0.453 e. The van der Waals surface area contributed by atoms with Crippen molar-refractivity contribution < 1.29 is 4.42 Å². The monoisotopic (exact) mass is 459 g/mol. The summed E-state index contributed by atoms with van der Waals surface area (Å²) in [6, 6.07) is 24.1. The Morgan fingerprint density at radius 3 is 1.97 bits per heavy atom. The van der Waals surface area contributed by atoms with Gasteiger partial charge >= 0.3 is 0 Å². The maximum atomic E-state index is 6.68. The number of aromatic nitrogens is 1. The van der Waals surface area contributed by atoms with E-state index in [0.29, 0.717) is 0 Å². The molecule has 0 saturated heterocycles. The second-order valence-electron chi connectivity index (χ2n) is 10.8. The van der Waals surface area contributed by atoms with Crippen LogP contribution in [-0.4, -0.2) is 4.98 Å². The number of hydrogen-bond donors (Lipinski definition) is 0. The van der Waals surface area contributed by atoms with E-state index in [1.807, 2.05) is 6.20 Å². The average molecular weight is 460 g/mol. The Hall–Kier alpha value is -3.65. The van der Waals surface area contributed by atoms with E-state index < -0.39 is 0 Å². The molecule has 176 valence electrons. The van der Waals surface area contributed by atoms with Gasteiger partial charge in [-0.2, -0.15) is 0 Å². The molecule has 0 aliphatic rings. The minimum atomic E-state index is -0.0454. The topological polar surface area (TPSA) is 26.0 Å². The van der Waals surface area contributed by atoms with Crippen molar-refractivity contribution in [3.63, 3.8) is 0 Å². The van der Waals surface area contributed by atoms with Gasteiger partial charge in [-0.1, -0.05) is 79.9 Å². The molecule has 2 heteroatoms. The van der Waals surface area contributed by atoms with Crippen LogP contribution in [0.15, 0.2) is 77.3 Å². The van der Waals surface area contributed by atoms with Gasteiger partial charge in [-0.3, -0.25) is 4.98 Å². The number of rotatable bonds is 3. The van der Waals surface area contributed by atoms with Crippen LogP contribution >= 0.6 is 0 Å². The Labute approximate surface area is 208 Å². The molecule has 0 fully saturated rings. The van der Waals surface area contributed by atoms with Crippen LogP contribution in [0.5, 0.6) is 0 Å². The second-order valence-corrected chi connectivity index (χ2v) is 10.8. The number of fused-ring (bicyclic) bond motifs is 1. The number of benzene rings is 3. The summed E-state index contributed by atoms with van der Waals surface area (Å²) in [6.07, 6.45) is 1.90. The van der Waals surface area contributed by atoms with Crippen molar-refractivity contribution in [3.05, 3.63) is 101 Å². The van der Waals surface area contributed by atoms with Gasteiger partial charge in [0.2, 0.25) is 0 Å². The molecule has 0 saturated carbocycles. The summed E-state index contributed by atoms with van der Waals surface area (Å²) in [5.74, 6) is 0.930. The first kappa shape index (κ1) is 23.1. The molecule has 2 nitrogen and oxygen atoms in total. The highest BCUT2D eigenvalue weighted by Crippen LogP contribution is 2.42. The Bertz CT molecular complexity index is 1530. The van der Waals surface area contributed by atoms with Crippen molar-refractivity contribution in [2.45, 2.75) is 53.9 Å². The lowest BCUT2D eigenvalue weighted by molar-refractivity contribution is 0.582. The third-order valence-corrected chi connectivity index (χ3v) is 6.81.